The van der Waals surface area contributed by atoms with E-state index in [0.29, 0.717) is 35.2 Å². The Kier molecular flexibility index (Phi) is 14.6. The number of unbranched alkanes of at least 4 members (excludes halogenated alkanes) is 1. The highest BCUT2D eigenvalue weighted by atomic mass is 32.2. The van der Waals surface area contributed by atoms with Gasteiger partial charge in [-0.05, 0) is 86.4 Å². The maximum atomic E-state index is 13.5. The van der Waals surface area contributed by atoms with Gasteiger partial charge in [0.25, 0.3) is 17.7 Å². The van der Waals surface area contributed by atoms with Crippen molar-refractivity contribution in [2.75, 3.05) is 76.1 Å². The number of carbonyl (C=O) groups is 6. The molecular weight excluding hydrogens is 819 g/mol. The van der Waals surface area contributed by atoms with Crippen molar-refractivity contribution in [3.05, 3.63) is 89.4 Å². The minimum absolute atomic E-state index is 0.0551. The summed E-state index contributed by atoms with van der Waals surface area (Å²) in [6.07, 6.45) is 15.9. The van der Waals surface area contributed by atoms with Gasteiger partial charge in [-0.2, -0.15) is 0 Å². The Bertz CT molecular complexity index is 2160. The number of rotatable bonds is 15. The number of carbonyl (C=O) groups excluding carboxylic acids is 6. The van der Waals surface area contributed by atoms with E-state index in [9.17, 15) is 28.8 Å². The number of amides is 6. The number of hydrogen-bond acceptors (Lipinski definition) is 12. The van der Waals surface area contributed by atoms with Crippen molar-refractivity contribution >= 4 is 59.1 Å². The normalized spacial score (nSPS) is 20.7. The fraction of sp³-hybridized carbons (Fsp3) is 0.489. The zero-order chi connectivity index (χ0) is 43.7. The number of thioether (sulfide) groups is 1. The van der Waals surface area contributed by atoms with E-state index in [-0.39, 0.29) is 30.6 Å². The molecule has 1 atom stereocenters. The summed E-state index contributed by atoms with van der Waals surface area (Å²) < 4.78 is 0. The van der Waals surface area contributed by atoms with E-state index < -0.39 is 23.8 Å². The molecule has 1 unspecified atom stereocenters. The first-order valence-electron chi connectivity index (χ1n) is 22.5. The Balaban J connectivity index is 0.700. The number of aromatic nitrogens is 2. The Morgan fingerprint density at radius 1 is 0.841 bits per heavy atom. The number of benzene rings is 1. The average molecular weight is 876 g/mol. The van der Waals surface area contributed by atoms with Gasteiger partial charge in [0.1, 0.15) is 11.9 Å². The SMILES string of the molecule is O=C(/C=C/c1cccnc1)NCCCCC1CCN(C(=O)c2ccc(N3CCC(N4CCN(CCSc5cccc6c5C(=O)N(C5CCC(=O)NC5=O)C6=O)CC4)CC3)nc2)CC1. The minimum Gasteiger partial charge on any atom is -0.357 e. The van der Waals surface area contributed by atoms with Crippen LogP contribution in [0.3, 0.4) is 0 Å². The van der Waals surface area contributed by atoms with Crippen LogP contribution in [0.2, 0.25) is 0 Å². The molecule has 16 heteroatoms. The molecule has 4 fully saturated rings. The minimum atomic E-state index is -0.970. The molecule has 15 nitrogen and oxygen atoms in total. The third-order valence-electron chi connectivity index (χ3n) is 13.2. The fourth-order valence-electron chi connectivity index (χ4n) is 9.48. The fourth-order valence-corrected chi connectivity index (χ4v) is 10.6. The van der Waals surface area contributed by atoms with Gasteiger partial charge < -0.3 is 15.1 Å². The third-order valence-corrected chi connectivity index (χ3v) is 14.2. The molecule has 5 aliphatic heterocycles. The summed E-state index contributed by atoms with van der Waals surface area (Å²) in [4.78, 5) is 96.2. The van der Waals surface area contributed by atoms with Crippen molar-refractivity contribution in [1.82, 2.24) is 40.2 Å². The molecule has 3 aromatic rings. The number of anilines is 1. The number of piperazine rings is 1. The first-order valence-corrected chi connectivity index (χ1v) is 23.5. The van der Waals surface area contributed by atoms with E-state index >= 15 is 0 Å². The lowest BCUT2D eigenvalue weighted by molar-refractivity contribution is -0.136. The van der Waals surface area contributed by atoms with Crippen LogP contribution in [0.4, 0.5) is 5.82 Å². The Labute approximate surface area is 373 Å². The molecule has 0 spiro atoms. The van der Waals surface area contributed by atoms with E-state index in [0.717, 1.165) is 131 Å². The summed E-state index contributed by atoms with van der Waals surface area (Å²) in [7, 11) is 0. The average Bonchev–Trinajstić information content (AvgIpc) is 3.57. The molecule has 6 amide bonds. The Hall–Kier alpha value is -5.45. The van der Waals surface area contributed by atoms with Gasteiger partial charge in [-0.15, -0.1) is 11.8 Å². The molecule has 0 radical (unpaired) electrons. The highest BCUT2D eigenvalue weighted by molar-refractivity contribution is 7.99. The summed E-state index contributed by atoms with van der Waals surface area (Å²) >= 11 is 1.56. The van der Waals surface area contributed by atoms with Crippen LogP contribution in [0.25, 0.3) is 6.08 Å². The second-order valence-electron chi connectivity index (χ2n) is 17.1. The number of nitrogens with one attached hydrogen (secondary N) is 2. The van der Waals surface area contributed by atoms with Gasteiger partial charge in [-0.3, -0.25) is 53.8 Å². The number of imide groups is 2. The summed E-state index contributed by atoms with van der Waals surface area (Å²) in [5, 5.41) is 5.22. The lowest BCUT2D eigenvalue weighted by atomic mass is 9.91. The van der Waals surface area contributed by atoms with Crippen molar-refractivity contribution < 1.29 is 28.8 Å². The molecule has 5 aliphatic rings. The molecule has 7 heterocycles. The first-order chi connectivity index (χ1) is 30.7. The van der Waals surface area contributed by atoms with Crippen LogP contribution in [0.1, 0.15) is 94.4 Å². The molecule has 1 aromatic carbocycles. The van der Waals surface area contributed by atoms with Gasteiger partial charge in [0.2, 0.25) is 17.7 Å². The molecule has 0 aliphatic carbocycles. The zero-order valence-corrected chi connectivity index (χ0v) is 36.6. The van der Waals surface area contributed by atoms with Gasteiger partial charge in [0.05, 0.1) is 16.7 Å². The highest BCUT2D eigenvalue weighted by Crippen LogP contribution is 2.35. The van der Waals surface area contributed by atoms with Crippen LogP contribution in [0, 0.1) is 5.92 Å². The van der Waals surface area contributed by atoms with Gasteiger partial charge in [-0.1, -0.05) is 25.0 Å². The van der Waals surface area contributed by atoms with E-state index in [1.54, 1.807) is 54.6 Å². The van der Waals surface area contributed by atoms with Crippen LogP contribution in [-0.4, -0.2) is 148 Å². The van der Waals surface area contributed by atoms with E-state index in [4.69, 9.17) is 4.98 Å². The maximum Gasteiger partial charge on any atom is 0.263 e. The molecule has 8 rings (SSSR count). The number of fused-ring (bicyclic) bond motifs is 1. The van der Waals surface area contributed by atoms with Crippen molar-refractivity contribution in [2.24, 2.45) is 5.92 Å². The number of pyridine rings is 2. The summed E-state index contributed by atoms with van der Waals surface area (Å²) in [5.74, 6) is 0.319. The van der Waals surface area contributed by atoms with Crippen LogP contribution >= 0.6 is 11.8 Å². The second kappa shape index (κ2) is 20.8. The molecule has 0 bridgehead atoms. The van der Waals surface area contributed by atoms with Gasteiger partial charge in [0, 0.05) is 113 Å². The predicted molar refractivity (Wildman–Crippen MR) is 240 cm³/mol. The number of nitrogens with zero attached hydrogens (tertiary/aromatic N) is 7. The van der Waals surface area contributed by atoms with Gasteiger partial charge in [0.15, 0.2) is 0 Å². The highest BCUT2D eigenvalue weighted by Gasteiger charge is 2.45. The lowest BCUT2D eigenvalue weighted by Crippen LogP contribution is -2.54. The Morgan fingerprint density at radius 3 is 2.38 bits per heavy atom. The summed E-state index contributed by atoms with van der Waals surface area (Å²) in [6, 6.07) is 12.5. The van der Waals surface area contributed by atoms with Gasteiger partial charge >= 0.3 is 0 Å². The first kappa shape index (κ1) is 44.2. The zero-order valence-electron chi connectivity index (χ0n) is 35.8. The van der Waals surface area contributed by atoms with Crippen LogP contribution in [-0.2, 0) is 14.4 Å². The summed E-state index contributed by atoms with van der Waals surface area (Å²) in [6.45, 7) is 8.83. The van der Waals surface area contributed by atoms with Crippen LogP contribution in [0.5, 0.6) is 0 Å². The molecule has 0 saturated carbocycles. The van der Waals surface area contributed by atoms with Crippen molar-refractivity contribution in [3.63, 3.8) is 0 Å². The van der Waals surface area contributed by atoms with E-state index in [1.807, 2.05) is 35.2 Å². The monoisotopic (exact) mass is 875 g/mol. The molecular formula is C47H57N9O6S. The maximum absolute atomic E-state index is 13.5. The van der Waals surface area contributed by atoms with Crippen molar-refractivity contribution in [1.29, 1.82) is 0 Å². The molecule has 63 heavy (non-hydrogen) atoms. The van der Waals surface area contributed by atoms with Crippen molar-refractivity contribution in [3.8, 4) is 0 Å². The van der Waals surface area contributed by atoms with Crippen LogP contribution < -0.4 is 15.5 Å². The number of likely N-dealkylation sites (tertiary alicyclic amines) is 1. The van der Waals surface area contributed by atoms with Crippen LogP contribution in [0.15, 0.2) is 72.0 Å². The van der Waals surface area contributed by atoms with E-state index in [1.165, 1.54) is 0 Å². The topological polar surface area (TPSA) is 168 Å². The van der Waals surface area contributed by atoms with E-state index in [2.05, 4.69) is 30.3 Å². The second-order valence-corrected chi connectivity index (χ2v) is 18.3. The molecule has 332 valence electrons. The smallest absolute Gasteiger partial charge is 0.263 e. The quantitative estimate of drug-likeness (QED) is 0.0973. The molecule has 2 aromatic heterocycles. The number of piperidine rings is 3. The standard InChI is InChI=1S/C47H57N9O6S/c57-41(13-9-34-6-4-19-48-31-34)49-20-2-1-5-33-15-21-55(22-16-33)45(60)35-10-12-40(50-32-35)54-23-17-36(18-24-54)53-27-25-52(26-28-53)29-30-63-39-8-3-7-37-43(39)47(62)56(46(37)61)38-11-14-42(58)51-44(38)59/h3-4,6-10,12-13,19,31-33,36,38H,1-2,5,11,14-18,20-30H2,(H,49,57)(H,51,58,59)/b13-9+. The van der Waals surface area contributed by atoms with Gasteiger partial charge in [-0.25, -0.2) is 4.98 Å². The third kappa shape index (κ3) is 10.8. The Morgan fingerprint density at radius 2 is 1.65 bits per heavy atom. The predicted octanol–water partition coefficient (Wildman–Crippen LogP) is 4.11. The van der Waals surface area contributed by atoms with Crippen molar-refractivity contribution in [2.45, 2.75) is 74.8 Å². The lowest BCUT2D eigenvalue weighted by Gasteiger charge is -2.43. The molecule has 4 saturated heterocycles. The number of hydrogen-bond donors (Lipinski definition) is 2. The molecule has 2 N–H and O–H groups in total. The summed E-state index contributed by atoms with van der Waals surface area (Å²) in [5.41, 5.74) is 2.21. The largest absolute Gasteiger partial charge is 0.357 e.